The molecule has 7 atom stereocenters. The van der Waals surface area contributed by atoms with Gasteiger partial charge < -0.3 is 24.6 Å². The first-order valence-electron chi connectivity index (χ1n) is 14.5. The quantitative estimate of drug-likeness (QED) is 0.479. The fraction of sp³-hybridized carbons (Fsp3) is 0.594. The summed E-state index contributed by atoms with van der Waals surface area (Å²) in [6.45, 7) is 13.7. The molecule has 41 heavy (non-hydrogen) atoms. The zero-order chi connectivity index (χ0) is 29.7. The van der Waals surface area contributed by atoms with Gasteiger partial charge in [0.2, 0.25) is 5.91 Å². The third-order valence-corrected chi connectivity index (χ3v) is 10.5. The van der Waals surface area contributed by atoms with Crippen LogP contribution in [0.5, 0.6) is 0 Å². The number of aliphatic hydroxyl groups is 1. The Morgan fingerprint density at radius 2 is 1.83 bits per heavy atom. The Morgan fingerprint density at radius 1 is 1.12 bits per heavy atom. The highest BCUT2D eigenvalue weighted by atomic mass is 16.7. The van der Waals surface area contributed by atoms with Crippen molar-refractivity contribution < 1.29 is 33.7 Å². The highest BCUT2D eigenvalue weighted by molar-refractivity contribution is 6.08. The Kier molecular flexibility index (Phi) is 6.17. The molecule has 6 rings (SSSR count). The van der Waals surface area contributed by atoms with Crippen molar-refractivity contribution in [1.29, 1.82) is 0 Å². The molecule has 1 aromatic carbocycles. The number of fused-ring (bicyclic) bond motifs is 4. The van der Waals surface area contributed by atoms with Gasteiger partial charge in [-0.2, -0.15) is 0 Å². The molecular weight excluding hydrogens is 524 g/mol. The van der Waals surface area contributed by atoms with Gasteiger partial charge in [0.05, 0.1) is 23.4 Å². The van der Waals surface area contributed by atoms with Crippen molar-refractivity contribution in [3.05, 3.63) is 47.6 Å². The molecule has 3 aliphatic carbocycles. The Labute approximate surface area is 240 Å². The van der Waals surface area contributed by atoms with Crippen molar-refractivity contribution in [2.24, 2.45) is 28.6 Å². The lowest BCUT2D eigenvalue weighted by molar-refractivity contribution is -0.302. The number of nitrogens with one attached hydrogen (secondary N) is 1. The third kappa shape index (κ3) is 3.81. The van der Waals surface area contributed by atoms with E-state index >= 15 is 0 Å². The number of carbonyl (C=O) groups is 3. The van der Waals surface area contributed by atoms with Crippen molar-refractivity contribution in [3.63, 3.8) is 0 Å². The molecule has 1 spiro atoms. The van der Waals surface area contributed by atoms with Gasteiger partial charge in [-0.3, -0.25) is 14.5 Å². The van der Waals surface area contributed by atoms with Gasteiger partial charge in [0.15, 0.2) is 23.3 Å². The van der Waals surface area contributed by atoms with Crippen LogP contribution in [0.2, 0.25) is 0 Å². The summed E-state index contributed by atoms with van der Waals surface area (Å²) in [5.41, 5.74) is -1.46. The molecule has 2 amide bonds. The van der Waals surface area contributed by atoms with E-state index in [9.17, 15) is 19.5 Å². The molecule has 2 heterocycles. The molecule has 1 saturated carbocycles. The van der Waals surface area contributed by atoms with Crippen LogP contribution in [0.4, 0.5) is 16.2 Å². The predicted molar refractivity (Wildman–Crippen MR) is 152 cm³/mol. The number of ether oxygens (including phenoxy) is 3. The number of anilines is 2. The molecule has 1 aromatic rings. The fourth-order valence-corrected chi connectivity index (χ4v) is 7.92. The lowest BCUT2D eigenvalue weighted by Crippen LogP contribution is -2.68. The Bertz CT molecular complexity index is 1400. The van der Waals surface area contributed by atoms with Crippen molar-refractivity contribution in [1.82, 2.24) is 0 Å². The van der Waals surface area contributed by atoms with Gasteiger partial charge in [0.1, 0.15) is 12.6 Å². The van der Waals surface area contributed by atoms with E-state index in [1.807, 2.05) is 19.1 Å². The number of nitrogens with zero attached hydrogens (tertiary/aromatic N) is 1. The van der Waals surface area contributed by atoms with Gasteiger partial charge in [-0.05, 0) is 67.7 Å². The normalized spacial score (nSPS) is 38.7. The summed E-state index contributed by atoms with van der Waals surface area (Å²) in [6, 6.07) is 6.98. The van der Waals surface area contributed by atoms with Gasteiger partial charge >= 0.3 is 6.09 Å². The average Bonchev–Trinajstić information content (AvgIpc) is 3.06. The number of benzene rings is 1. The second kappa shape index (κ2) is 8.99. The predicted octanol–water partition coefficient (Wildman–Crippen LogP) is 4.61. The maximum Gasteiger partial charge on any atom is 0.415 e. The van der Waals surface area contributed by atoms with E-state index in [4.69, 9.17) is 14.2 Å². The topological polar surface area (TPSA) is 114 Å². The van der Waals surface area contributed by atoms with E-state index in [1.54, 1.807) is 45.0 Å². The monoisotopic (exact) mass is 564 g/mol. The summed E-state index contributed by atoms with van der Waals surface area (Å²) in [4.78, 5) is 42.5. The van der Waals surface area contributed by atoms with E-state index in [1.165, 1.54) is 4.90 Å². The van der Waals surface area contributed by atoms with Gasteiger partial charge in [-0.1, -0.05) is 52.0 Å². The molecule has 9 nitrogen and oxygen atoms in total. The van der Waals surface area contributed by atoms with Crippen molar-refractivity contribution in [2.45, 2.75) is 78.5 Å². The lowest BCUT2D eigenvalue weighted by atomic mass is 9.59. The van der Waals surface area contributed by atoms with Crippen LogP contribution in [0.15, 0.2) is 47.6 Å². The summed E-state index contributed by atoms with van der Waals surface area (Å²) in [7, 11) is 0. The number of allylic oxidation sites excluding steroid dienone is 1. The largest absolute Gasteiger partial charge is 0.438 e. The number of amides is 2. The first kappa shape index (κ1) is 28.1. The van der Waals surface area contributed by atoms with E-state index in [0.29, 0.717) is 28.9 Å². The van der Waals surface area contributed by atoms with Crippen molar-refractivity contribution in [2.75, 3.05) is 23.4 Å². The van der Waals surface area contributed by atoms with Crippen LogP contribution in [0.1, 0.15) is 54.9 Å². The van der Waals surface area contributed by atoms with Gasteiger partial charge in [-0.15, -0.1) is 0 Å². The second-order valence-corrected chi connectivity index (χ2v) is 13.6. The van der Waals surface area contributed by atoms with E-state index in [-0.39, 0.29) is 36.7 Å². The Hall–Kier alpha value is -3.01. The zero-order valence-corrected chi connectivity index (χ0v) is 24.8. The van der Waals surface area contributed by atoms with Crippen LogP contribution in [-0.2, 0) is 23.8 Å². The fourth-order valence-electron chi connectivity index (χ4n) is 7.92. The van der Waals surface area contributed by atoms with Crippen LogP contribution in [0, 0.1) is 28.6 Å². The number of hydrogen-bond donors (Lipinski definition) is 2. The zero-order valence-electron chi connectivity index (χ0n) is 24.8. The summed E-state index contributed by atoms with van der Waals surface area (Å²) >= 11 is 0. The average molecular weight is 565 g/mol. The number of carbonyl (C=O) groups excluding carboxylic acids is 3. The summed E-state index contributed by atoms with van der Waals surface area (Å²) < 4.78 is 18.7. The Morgan fingerprint density at radius 3 is 2.56 bits per heavy atom. The molecule has 5 aliphatic rings. The lowest BCUT2D eigenvalue weighted by Gasteiger charge is -2.52. The number of para-hydroxylation sites is 2. The van der Waals surface area contributed by atoms with Gasteiger partial charge in [-0.25, -0.2) is 4.79 Å². The summed E-state index contributed by atoms with van der Waals surface area (Å²) in [5.74, 6) is -2.09. The standard InChI is InChI=1S/C32H40N2O7/c1-17-14-31-19(3)12-18(2)29(4,5)21(25(31)36)13-20-16-39-30(6,7)41-27(20)32(31,38)26(17)40-28(37)34-15-24(35)33-22-10-8-9-11-23(22)34/h8-11,13-14,18-19,21,26-27,38H,12,15-16H2,1-7H3,(H,33,35)/t18-,19+,21+,26-,27+,31-,32+/m0/s1. The minimum atomic E-state index is -1.94. The highest BCUT2D eigenvalue weighted by Gasteiger charge is 2.74. The molecule has 2 aliphatic heterocycles. The van der Waals surface area contributed by atoms with Crippen LogP contribution >= 0.6 is 0 Å². The smallest absolute Gasteiger partial charge is 0.415 e. The summed E-state index contributed by atoms with van der Waals surface area (Å²) in [6.07, 6.45) is 1.54. The van der Waals surface area contributed by atoms with Crippen LogP contribution in [-0.4, -0.2) is 59.6 Å². The number of rotatable bonds is 1. The Balaban J connectivity index is 1.50. The molecule has 2 fully saturated rings. The van der Waals surface area contributed by atoms with Gasteiger partial charge in [0, 0.05) is 5.92 Å². The van der Waals surface area contributed by atoms with Crippen molar-refractivity contribution in [3.8, 4) is 0 Å². The van der Waals surface area contributed by atoms with E-state index in [2.05, 4.69) is 26.1 Å². The first-order chi connectivity index (χ1) is 19.1. The number of Topliss-reactive ketones (excluding diaryl/α,β-unsaturated/α-hetero) is 1. The second-order valence-electron chi connectivity index (χ2n) is 13.6. The minimum Gasteiger partial charge on any atom is -0.438 e. The van der Waals surface area contributed by atoms with E-state index < -0.39 is 46.4 Å². The molecule has 220 valence electrons. The maximum absolute atomic E-state index is 14.9. The molecule has 2 N–H and O–H groups in total. The minimum absolute atomic E-state index is 0.0919. The van der Waals surface area contributed by atoms with Gasteiger partial charge in [0.25, 0.3) is 0 Å². The molecule has 0 unspecified atom stereocenters. The molecule has 0 radical (unpaired) electrons. The number of hydrogen-bond acceptors (Lipinski definition) is 7. The molecule has 0 aromatic heterocycles. The van der Waals surface area contributed by atoms with Crippen LogP contribution in [0.3, 0.4) is 0 Å². The molecule has 2 bridgehead atoms. The first-order valence-corrected chi connectivity index (χ1v) is 14.5. The van der Waals surface area contributed by atoms with Crippen LogP contribution in [0.25, 0.3) is 0 Å². The molecule has 9 heteroatoms. The number of ketones is 1. The van der Waals surface area contributed by atoms with E-state index in [0.717, 1.165) is 0 Å². The maximum atomic E-state index is 14.9. The highest BCUT2D eigenvalue weighted by Crippen LogP contribution is 2.64. The SMILES string of the molecule is CC1=C[C@]23C(=O)[C@@H](C=C4COC(C)(C)O[C@H]4[C@]2(O)[C@H]1OC(=O)N1CC(=O)Nc2ccccc21)C(C)(C)[C@@H](C)C[C@H]3C. The molecular formula is C32H40N2O7. The van der Waals surface area contributed by atoms with Crippen molar-refractivity contribution >= 4 is 29.2 Å². The molecule has 1 saturated heterocycles. The van der Waals surface area contributed by atoms with Crippen LogP contribution < -0.4 is 10.2 Å². The third-order valence-electron chi connectivity index (χ3n) is 10.5. The summed E-state index contributed by atoms with van der Waals surface area (Å²) in [5, 5.41) is 16.0.